The largest absolute Gasteiger partial charge is 0.452 e. The predicted molar refractivity (Wildman–Crippen MR) is 127 cm³/mol. The number of nitriles is 1. The van der Waals surface area contributed by atoms with Crippen LogP contribution < -0.4 is 5.32 Å². The van der Waals surface area contributed by atoms with Crippen LogP contribution in [0.3, 0.4) is 0 Å². The highest BCUT2D eigenvalue weighted by atomic mass is 35.5. The number of aryl methyl sites for hydroxylation is 2. The van der Waals surface area contributed by atoms with Gasteiger partial charge in [0.05, 0.1) is 24.7 Å². The summed E-state index contributed by atoms with van der Waals surface area (Å²) in [6.45, 7) is 3.91. The molecule has 33 heavy (non-hydrogen) atoms. The first kappa shape index (κ1) is 23.8. The fraction of sp³-hybridized carbons (Fsp3) is 0.200. The molecule has 1 aromatic heterocycles. The van der Waals surface area contributed by atoms with Gasteiger partial charge in [0.25, 0.3) is 5.91 Å². The normalized spacial score (nSPS) is 10.7. The third-order valence-corrected chi connectivity index (χ3v) is 5.21. The number of carbonyl (C=O) groups is 2. The molecular weight excluding hydrogens is 440 g/mol. The molecule has 0 saturated carbocycles. The summed E-state index contributed by atoms with van der Waals surface area (Å²) >= 11 is 6.46. The minimum absolute atomic E-state index is 0.298. The van der Waals surface area contributed by atoms with Gasteiger partial charge in [0.2, 0.25) is 0 Å². The van der Waals surface area contributed by atoms with Crippen molar-refractivity contribution in [3.8, 4) is 6.07 Å². The standard InChI is InChI=1S/C25H23ClN4O3/c1-17-3-5-20(6-4-17)15-30-25(26)22(18(2)29-30)11-12-24(32)33-16-23(31)28-21-9-7-19(8-10-21)13-14-27/h3-12H,13,15-16H2,1-2H3,(H,28,31)/b12-11+. The summed E-state index contributed by atoms with van der Waals surface area (Å²) in [5, 5.41) is 16.2. The number of benzene rings is 2. The summed E-state index contributed by atoms with van der Waals surface area (Å²) in [6, 6.07) is 17.0. The molecule has 1 N–H and O–H groups in total. The number of aromatic nitrogens is 2. The summed E-state index contributed by atoms with van der Waals surface area (Å²) in [5.41, 5.74) is 4.92. The van der Waals surface area contributed by atoms with Gasteiger partial charge in [-0.05, 0) is 43.2 Å². The predicted octanol–water partition coefficient (Wildman–Crippen LogP) is 4.46. The zero-order valence-corrected chi connectivity index (χ0v) is 19.1. The fourth-order valence-corrected chi connectivity index (χ4v) is 3.36. The van der Waals surface area contributed by atoms with Crippen LogP contribution in [-0.2, 0) is 27.3 Å². The number of esters is 1. The van der Waals surface area contributed by atoms with E-state index in [1.165, 1.54) is 17.7 Å². The van der Waals surface area contributed by atoms with E-state index >= 15 is 0 Å². The van der Waals surface area contributed by atoms with Gasteiger partial charge in [0, 0.05) is 17.3 Å². The lowest BCUT2D eigenvalue weighted by atomic mass is 10.1. The monoisotopic (exact) mass is 462 g/mol. The van der Waals surface area contributed by atoms with E-state index in [1.807, 2.05) is 31.2 Å². The Kier molecular flexibility index (Phi) is 8.01. The van der Waals surface area contributed by atoms with Crippen LogP contribution in [0, 0.1) is 25.2 Å². The Bertz CT molecular complexity index is 1210. The van der Waals surface area contributed by atoms with Crippen LogP contribution in [0.1, 0.15) is 27.9 Å². The van der Waals surface area contributed by atoms with E-state index in [1.54, 1.807) is 35.9 Å². The molecule has 3 rings (SSSR count). The van der Waals surface area contributed by atoms with Gasteiger partial charge >= 0.3 is 5.97 Å². The first-order chi connectivity index (χ1) is 15.9. The van der Waals surface area contributed by atoms with Gasteiger partial charge in [0.15, 0.2) is 6.61 Å². The lowest BCUT2D eigenvalue weighted by Crippen LogP contribution is -2.20. The van der Waals surface area contributed by atoms with E-state index in [4.69, 9.17) is 21.6 Å². The van der Waals surface area contributed by atoms with Gasteiger partial charge in [0.1, 0.15) is 5.15 Å². The fourth-order valence-electron chi connectivity index (χ4n) is 3.06. The molecule has 0 saturated heterocycles. The molecule has 0 aliphatic carbocycles. The van der Waals surface area contributed by atoms with Crippen molar-refractivity contribution in [2.24, 2.45) is 0 Å². The molecule has 168 valence electrons. The molecule has 0 bridgehead atoms. The second kappa shape index (κ2) is 11.1. The molecule has 0 spiro atoms. The van der Waals surface area contributed by atoms with Crippen molar-refractivity contribution in [1.82, 2.24) is 9.78 Å². The summed E-state index contributed by atoms with van der Waals surface area (Å²) < 4.78 is 6.67. The lowest BCUT2D eigenvalue weighted by Gasteiger charge is -2.06. The second-order valence-electron chi connectivity index (χ2n) is 7.45. The maximum Gasteiger partial charge on any atom is 0.331 e. The van der Waals surface area contributed by atoms with Crippen LogP contribution >= 0.6 is 11.6 Å². The number of nitrogens with one attached hydrogen (secondary N) is 1. The van der Waals surface area contributed by atoms with Crippen molar-refractivity contribution in [2.75, 3.05) is 11.9 Å². The molecule has 0 unspecified atom stereocenters. The summed E-state index contributed by atoms with van der Waals surface area (Å²) in [4.78, 5) is 24.1. The molecule has 0 radical (unpaired) electrons. The topological polar surface area (TPSA) is 97.0 Å². The number of halogens is 1. The molecule has 0 fully saturated rings. The van der Waals surface area contributed by atoms with Crippen LogP contribution in [0.2, 0.25) is 5.15 Å². The van der Waals surface area contributed by atoms with E-state index in [0.717, 1.165) is 11.1 Å². The van der Waals surface area contributed by atoms with E-state index in [-0.39, 0.29) is 0 Å². The number of rotatable bonds is 8. The maximum absolute atomic E-state index is 12.1. The van der Waals surface area contributed by atoms with Crippen molar-refractivity contribution < 1.29 is 14.3 Å². The van der Waals surface area contributed by atoms with Gasteiger partial charge in [-0.15, -0.1) is 0 Å². The average Bonchev–Trinajstić information content (AvgIpc) is 3.06. The minimum Gasteiger partial charge on any atom is -0.452 e. The van der Waals surface area contributed by atoms with Crippen molar-refractivity contribution in [2.45, 2.75) is 26.8 Å². The molecule has 1 heterocycles. The molecule has 1 amide bonds. The van der Waals surface area contributed by atoms with E-state index in [9.17, 15) is 9.59 Å². The number of anilines is 1. The average molecular weight is 463 g/mol. The first-order valence-corrected chi connectivity index (χ1v) is 10.6. The Balaban J connectivity index is 1.53. The molecule has 0 atom stereocenters. The SMILES string of the molecule is Cc1ccc(Cn2nc(C)c(/C=C/C(=O)OCC(=O)Nc3ccc(CC#N)cc3)c2Cl)cc1. The molecule has 7 nitrogen and oxygen atoms in total. The zero-order valence-electron chi connectivity index (χ0n) is 18.3. The van der Waals surface area contributed by atoms with E-state index < -0.39 is 18.5 Å². The van der Waals surface area contributed by atoms with Crippen molar-refractivity contribution >= 4 is 35.2 Å². The summed E-state index contributed by atoms with van der Waals surface area (Å²) in [5.74, 6) is -1.14. The Morgan fingerprint density at radius 1 is 1.12 bits per heavy atom. The lowest BCUT2D eigenvalue weighted by molar-refractivity contribution is -0.142. The van der Waals surface area contributed by atoms with Crippen LogP contribution in [0.15, 0.2) is 54.6 Å². The zero-order chi connectivity index (χ0) is 23.8. The second-order valence-corrected chi connectivity index (χ2v) is 7.81. The number of amides is 1. The Labute approximate surface area is 197 Å². The third kappa shape index (κ3) is 6.79. The van der Waals surface area contributed by atoms with Gasteiger partial charge in [-0.2, -0.15) is 10.4 Å². The van der Waals surface area contributed by atoms with Crippen molar-refractivity contribution in [1.29, 1.82) is 5.26 Å². The van der Waals surface area contributed by atoms with Gasteiger partial charge in [-0.1, -0.05) is 53.6 Å². The minimum atomic E-state index is -0.670. The highest BCUT2D eigenvalue weighted by molar-refractivity contribution is 6.31. The van der Waals surface area contributed by atoms with Gasteiger partial charge in [-0.25, -0.2) is 9.48 Å². The highest BCUT2D eigenvalue weighted by Gasteiger charge is 2.12. The van der Waals surface area contributed by atoms with Crippen LogP contribution in [0.5, 0.6) is 0 Å². The van der Waals surface area contributed by atoms with Gasteiger partial charge in [-0.3, -0.25) is 4.79 Å². The van der Waals surface area contributed by atoms with Crippen LogP contribution in [0.25, 0.3) is 6.08 Å². The molecule has 8 heteroatoms. The Morgan fingerprint density at radius 3 is 2.45 bits per heavy atom. The van der Waals surface area contributed by atoms with Gasteiger partial charge < -0.3 is 10.1 Å². The number of hydrogen-bond donors (Lipinski definition) is 1. The van der Waals surface area contributed by atoms with E-state index in [2.05, 4.69) is 16.5 Å². The molecular formula is C25H23ClN4O3. The van der Waals surface area contributed by atoms with E-state index in [0.29, 0.717) is 35.1 Å². The summed E-state index contributed by atoms with van der Waals surface area (Å²) in [6.07, 6.45) is 3.05. The third-order valence-electron chi connectivity index (χ3n) is 4.81. The summed E-state index contributed by atoms with van der Waals surface area (Å²) in [7, 11) is 0. The van der Waals surface area contributed by atoms with Crippen LogP contribution in [-0.4, -0.2) is 28.3 Å². The molecule has 2 aromatic carbocycles. The van der Waals surface area contributed by atoms with Crippen molar-refractivity contribution in [3.63, 3.8) is 0 Å². The van der Waals surface area contributed by atoms with Crippen molar-refractivity contribution in [3.05, 3.63) is 87.7 Å². The quantitative estimate of drug-likeness (QED) is 0.393. The number of nitrogens with zero attached hydrogens (tertiary/aromatic N) is 3. The molecule has 0 aliphatic heterocycles. The molecule has 3 aromatic rings. The van der Waals surface area contributed by atoms with Crippen LogP contribution in [0.4, 0.5) is 5.69 Å². The number of carbonyl (C=O) groups excluding carboxylic acids is 2. The Hall–Kier alpha value is -3.89. The molecule has 0 aliphatic rings. The highest BCUT2D eigenvalue weighted by Crippen LogP contribution is 2.22. The number of hydrogen-bond acceptors (Lipinski definition) is 5. The number of ether oxygens (including phenoxy) is 1. The Morgan fingerprint density at radius 2 is 1.79 bits per heavy atom. The smallest absolute Gasteiger partial charge is 0.331 e. The maximum atomic E-state index is 12.1. The first-order valence-electron chi connectivity index (χ1n) is 10.2.